The van der Waals surface area contributed by atoms with E-state index >= 15 is 0 Å². The molecule has 0 atom stereocenters. The van der Waals surface area contributed by atoms with Crippen molar-refractivity contribution >= 4 is 0 Å². The first-order valence-electron chi connectivity index (χ1n) is 8.84. The van der Waals surface area contributed by atoms with Gasteiger partial charge in [0.25, 0.3) is 0 Å². The van der Waals surface area contributed by atoms with Gasteiger partial charge in [-0.05, 0) is 40.0 Å². The molecule has 0 aromatic rings. The molecule has 22 heavy (non-hydrogen) atoms. The van der Waals surface area contributed by atoms with Gasteiger partial charge in [0.1, 0.15) is 0 Å². The van der Waals surface area contributed by atoms with E-state index in [1.807, 2.05) is 14.1 Å². The lowest BCUT2D eigenvalue weighted by Gasteiger charge is -2.20. The van der Waals surface area contributed by atoms with E-state index in [2.05, 4.69) is 34.3 Å². The van der Waals surface area contributed by atoms with Gasteiger partial charge in [-0.25, -0.2) is 0 Å². The van der Waals surface area contributed by atoms with Crippen LogP contribution in [0.5, 0.6) is 0 Å². The summed E-state index contributed by atoms with van der Waals surface area (Å²) in [5, 5.41) is 6.27. The van der Waals surface area contributed by atoms with E-state index < -0.39 is 0 Å². The largest absolute Gasteiger partial charge is 0.329 e. The van der Waals surface area contributed by atoms with Crippen LogP contribution in [0.1, 0.15) is 26.7 Å². The summed E-state index contributed by atoms with van der Waals surface area (Å²) >= 11 is 0. The molecular formula is C16H42N6. The van der Waals surface area contributed by atoms with Gasteiger partial charge in [-0.15, -0.1) is 0 Å². The first-order valence-corrected chi connectivity index (χ1v) is 8.84. The van der Waals surface area contributed by atoms with Crippen LogP contribution in [0, 0.1) is 0 Å². The topological polar surface area (TPSA) is 82.6 Å². The molecule has 0 bridgehead atoms. The summed E-state index contributed by atoms with van der Waals surface area (Å²) in [7, 11) is 3.96. The van der Waals surface area contributed by atoms with Gasteiger partial charge in [0.2, 0.25) is 0 Å². The van der Waals surface area contributed by atoms with Crippen LogP contribution in [0.2, 0.25) is 0 Å². The molecule has 6 nitrogen and oxygen atoms in total. The lowest BCUT2D eigenvalue weighted by molar-refractivity contribution is 0.283. The van der Waals surface area contributed by atoms with Crippen LogP contribution in [-0.4, -0.2) is 89.3 Å². The van der Waals surface area contributed by atoms with Crippen molar-refractivity contribution in [3.63, 3.8) is 0 Å². The predicted molar refractivity (Wildman–Crippen MR) is 99.4 cm³/mol. The highest BCUT2D eigenvalue weighted by molar-refractivity contribution is 4.58. The minimum absolute atomic E-state index is 0.768. The number of likely N-dealkylation sites (N-methyl/N-ethyl adjacent to an activating group) is 2. The second-order valence-corrected chi connectivity index (χ2v) is 5.47. The number of nitrogens with one attached hydrogen (secondary N) is 2. The van der Waals surface area contributed by atoms with Crippen molar-refractivity contribution in [2.24, 2.45) is 11.5 Å². The molecule has 0 aromatic carbocycles. The van der Waals surface area contributed by atoms with Crippen LogP contribution in [0.4, 0.5) is 0 Å². The second kappa shape index (κ2) is 20.8. The van der Waals surface area contributed by atoms with E-state index in [0.717, 1.165) is 52.4 Å². The average molecular weight is 319 g/mol. The number of hydrogen-bond acceptors (Lipinski definition) is 6. The SMILES string of the molecule is CCCN(CCN)CCNC.CCCN(CCN)CCNC. The average Bonchev–Trinajstić information content (AvgIpc) is 2.52. The Hall–Kier alpha value is -0.240. The number of rotatable bonds is 14. The van der Waals surface area contributed by atoms with Gasteiger partial charge in [-0.1, -0.05) is 13.8 Å². The molecule has 0 amide bonds. The minimum atomic E-state index is 0.768. The van der Waals surface area contributed by atoms with Crippen molar-refractivity contribution in [1.29, 1.82) is 0 Å². The summed E-state index contributed by atoms with van der Waals surface area (Å²) in [5.74, 6) is 0. The summed E-state index contributed by atoms with van der Waals surface area (Å²) in [6.45, 7) is 14.6. The summed E-state index contributed by atoms with van der Waals surface area (Å²) < 4.78 is 0. The maximum atomic E-state index is 5.47. The fourth-order valence-corrected chi connectivity index (χ4v) is 2.21. The van der Waals surface area contributed by atoms with Gasteiger partial charge in [0.05, 0.1) is 0 Å². The van der Waals surface area contributed by atoms with Crippen LogP contribution in [-0.2, 0) is 0 Å². The molecule has 0 aliphatic heterocycles. The van der Waals surface area contributed by atoms with Crippen molar-refractivity contribution in [1.82, 2.24) is 20.4 Å². The lowest BCUT2D eigenvalue weighted by atomic mass is 10.4. The maximum absolute atomic E-state index is 5.47. The summed E-state index contributed by atoms with van der Waals surface area (Å²) in [6, 6.07) is 0. The van der Waals surface area contributed by atoms with E-state index in [0.29, 0.717) is 0 Å². The van der Waals surface area contributed by atoms with Gasteiger partial charge in [-0.2, -0.15) is 0 Å². The zero-order valence-corrected chi connectivity index (χ0v) is 15.5. The van der Waals surface area contributed by atoms with Crippen LogP contribution >= 0.6 is 0 Å². The van der Waals surface area contributed by atoms with Crippen LogP contribution in [0.25, 0.3) is 0 Å². The van der Waals surface area contributed by atoms with Crippen molar-refractivity contribution < 1.29 is 0 Å². The Morgan fingerprint density at radius 1 is 0.636 bits per heavy atom. The molecule has 0 aliphatic rings. The zero-order valence-electron chi connectivity index (χ0n) is 15.5. The third-order valence-electron chi connectivity index (χ3n) is 3.33. The van der Waals surface area contributed by atoms with Gasteiger partial charge >= 0.3 is 0 Å². The van der Waals surface area contributed by atoms with Gasteiger partial charge in [0.15, 0.2) is 0 Å². The molecule has 0 radical (unpaired) electrons. The van der Waals surface area contributed by atoms with Crippen molar-refractivity contribution in [3.8, 4) is 0 Å². The predicted octanol–water partition coefficient (Wildman–Crippen LogP) is -0.247. The van der Waals surface area contributed by atoms with Crippen molar-refractivity contribution in [3.05, 3.63) is 0 Å². The third-order valence-corrected chi connectivity index (χ3v) is 3.33. The Kier molecular flexibility index (Phi) is 22.7. The normalized spacial score (nSPS) is 10.9. The highest BCUT2D eigenvalue weighted by Gasteiger charge is 2.00. The smallest absolute Gasteiger partial charge is 0.0107 e. The molecule has 0 unspecified atom stereocenters. The molecule has 0 heterocycles. The number of nitrogens with zero attached hydrogens (tertiary/aromatic N) is 2. The molecule has 0 saturated heterocycles. The van der Waals surface area contributed by atoms with Crippen LogP contribution in [0.15, 0.2) is 0 Å². The highest BCUT2D eigenvalue weighted by Crippen LogP contribution is 1.88. The molecular weight excluding hydrogens is 276 g/mol. The molecule has 0 aromatic heterocycles. The van der Waals surface area contributed by atoms with Crippen LogP contribution < -0.4 is 22.1 Å². The lowest BCUT2D eigenvalue weighted by Crippen LogP contribution is -2.35. The standard InChI is InChI=1S/2C8H21N3/c2*1-3-6-11(7-4-9)8-5-10-2/h2*10H,3-9H2,1-2H3. The molecule has 136 valence electrons. The van der Waals surface area contributed by atoms with E-state index in [9.17, 15) is 0 Å². The molecule has 0 fully saturated rings. The maximum Gasteiger partial charge on any atom is 0.0107 e. The van der Waals surface area contributed by atoms with E-state index in [1.54, 1.807) is 0 Å². The van der Waals surface area contributed by atoms with Gasteiger partial charge in [0, 0.05) is 52.4 Å². The molecule has 0 spiro atoms. The van der Waals surface area contributed by atoms with Crippen molar-refractivity contribution in [2.45, 2.75) is 26.7 Å². The quantitative estimate of drug-likeness (QED) is 0.354. The van der Waals surface area contributed by atoms with E-state index in [4.69, 9.17) is 11.5 Å². The fourth-order valence-electron chi connectivity index (χ4n) is 2.21. The fraction of sp³-hybridized carbons (Fsp3) is 1.00. The zero-order chi connectivity index (χ0) is 17.1. The molecule has 6 N–H and O–H groups in total. The number of nitrogens with two attached hydrogens (primary N) is 2. The number of hydrogen-bond donors (Lipinski definition) is 4. The molecule has 6 heteroatoms. The molecule has 0 saturated carbocycles. The van der Waals surface area contributed by atoms with Gasteiger partial charge < -0.3 is 31.9 Å². The third kappa shape index (κ3) is 17.8. The van der Waals surface area contributed by atoms with E-state index in [1.165, 1.54) is 25.9 Å². The second-order valence-electron chi connectivity index (χ2n) is 5.47. The highest BCUT2D eigenvalue weighted by atomic mass is 15.1. The van der Waals surface area contributed by atoms with Crippen LogP contribution in [0.3, 0.4) is 0 Å². The van der Waals surface area contributed by atoms with Crippen molar-refractivity contribution in [2.75, 3.05) is 79.5 Å². The Morgan fingerprint density at radius 2 is 1.00 bits per heavy atom. The monoisotopic (exact) mass is 318 g/mol. The Morgan fingerprint density at radius 3 is 1.23 bits per heavy atom. The Labute approximate surface area is 139 Å². The molecule has 0 rings (SSSR count). The minimum Gasteiger partial charge on any atom is -0.329 e. The summed E-state index contributed by atoms with van der Waals surface area (Å²) in [6.07, 6.45) is 2.42. The Bertz CT molecular complexity index is 159. The Balaban J connectivity index is 0. The van der Waals surface area contributed by atoms with E-state index in [-0.39, 0.29) is 0 Å². The summed E-state index contributed by atoms with van der Waals surface area (Å²) in [4.78, 5) is 4.77. The first kappa shape index (κ1) is 24.0. The molecule has 0 aliphatic carbocycles. The van der Waals surface area contributed by atoms with Gasteiger partial charge in [-0.3, -0.25) is 0 Å². The first-order chi connectivity index (χ1) is 10.7. The summed E-state index contributed by atoms with van der Waals surface area (Å²) in [5.41, 5.74) is 10.9.